The molecule has 98 valence electrons. The number of aryl methyl sites for hydroxylation is 1. The van der Waals surface area contributed by atoms with Gasteiger partial charge in [-0.05, 0) is 37.6 Å². The summed E-state index contributed by atoms with van der Waals surface area (Å²) in [4.78, 5) is 16.2. The molecule has 1 aromatic heterocycles. The lowest BCUT2D eigenvalue weighted by molar-refractivity contribution is 0.0940. The van der Waals surface area contributed by atoms with Crippen LogP contribution in [0.15, 0.2) is 42.7 Å². The number of aromatic nitrogens is 1. The molecule has 0 bridgehead atoms. The van der Waals surface area contributed by atoms with E-state index in [0.29, 0.717) is 11.3 Å². The lowest BCUT2D eigenvalue weighted by Crippen LogP contribution is -2.27. The number of amides is 1. The summed E-state index contributed by atoms with van der Waals surface area (Å²) in [5.74, 6) is -0.169. The van der Waals surface area contributed by atoms with Crippen molar-refractivity contribution in [3.05, 3.63) is 59.4 Å². The number of anilines is 1. The average molecular weight is 255 g/mol. The van der Waals surface area contributed by atoms with E-state index in [1.165, 1.54) is 0 Å². The van der Waals surface area contributed by atoms with E-state index in [0.717, 1.165) is 11.1 Å². The molecule has 0 radical (unpaired) electrons. The van der Waals surface area contributed by atoms with Gasteiger partial charge < -0.3 is 11.1 Å². The SMILES string of the molecule is Cc1ccc(N)c(C(=O)NC(C)c2cccnc2)c1. The van der Waals surface area contributed by atoms with Gasteiger partial charge in [-0.2, -0.15) is 0 Å². The van der Waals surface area contributed by atoms with Gasteiger partial charge in [-0.1, -0.05) is 17.7 Å². The number of nitrogens with zero attached hydrogens (tertiary/aromatic N) is 1. The minimum absolute atomic E-state index is 0.110. The Morgan fingerprint density at radius 3 is 2.84 bits per heavy atom. The van der Waals surface area contributed by atoms with Crippen LogP contribution in [0.1, 0.15) is 34.5 Å². The predicted molar refractivity (Wildman–Crippen MR) is 75.7 cm³/mol. The topological polar surface area (TPSA) is 68.0 Å². The van der Waals surface area contributed by atoms with Crippen LogP contribution in [0.3, 0.4) is 0 Å². The highest BCUT2D eigenvalue weighted by atomic mass is 16.1. The smallest absolute Gasteiger partial charge is 0.253 e. The minimum atomic E-state index is -0.169. The molecule has 1 aromatic carbocycles. The zero-order valence-corrected chi connectivity index (χ0v) is 11.1. The van der Waals surface area contributed by atoms with Crippen molar-refractivity contribution >= 4 is 11.6 Å². The van der Waals surface area contributed by atoms with Gasteiger partial charge in [0.1, 0.15) is 0 Å². The van der Waals surface area contributed by atoms with E-state index in [4.69, 9.17) is 5.73 Å². The molecule has 0 aliphatic heterocycles. The largest absolute Gasteiger partial charge is 0.398 e. The van der Waals surface area contributed by atoms with E-state index >= 15 is 0 Å². The van der Waals surface area contributed by atoms with Gasteiger partial charge in [0, 0.05) is 18.1 Å². The molecular weight excluding hydrogens is 238 g/mol. The summed E-state index contributed by atoms with van der Waals surface area (Å²) >= 11 is 0. The number of nitrogen functional groups attached to an aromatic ring is 1. The van der Waals surface area contributed by atoms with Gasteiger partial charge in [0.05, 0.1) is 11.6 Å². The Balaban J connectivity index is 2.15. The Morgan fingerprint density at radius 1 is 1.37 bits per heavy atom. The van der Waals surface area contributed by atoms with Crippen LogP contribution in [0.4, 0.5) is 5.69 Å². The summed E-state index contributed by atoms with van der Waals surface area (Å²) in [6.45, 7) is 3.85. The molecule has 2 aromatic rings. The number of benzene rings is 1. The lowest BCUT2D eigenvalue weighted by Gasteiger charge is -2.15. The molecule has 19 heavy (non-hydrogen) atoms. The quantitative estimate of drug-likeness (QED) is 0.828. The van der Waals surface area contributed by atoms with Gasteiger partial charge >= 0.3 is 0 Å². The third-order valence-corrected chi connectivity index (χ3v) is 2.99. The van der Waals surface area contributed by atoms with E-state index in [-0.39, 0.29) is 11.9 Å². The maximum absolute atomic E-state index is 12.2. The van der Waals surface area contributed by atoms with Crippen LogP contribution >= 0.6 is 0 Å². The fraction of sp³-hybridized carbons (Fsp3) is 0.200. The van der Waals surface area contributed by atoms with Crippen LogP contribution in [0.25, 0.3) is 0 Å². The average Bonchev–Trinajstić information content (AvgIpc) is 2.42. The number of nitrogens with two attached hydrogens (primary N) is 1. The Morgan fingerprint density at radius 2 is 2.16 bits per heavy atom. The second-order valence-electron chi connectivity index (χ2n) is 4.57. The predicted octanol–water partition coefficient (Wildman–Crippen LogP) is 2.46. The highest BCUT2D eigenvalue weighted by Gasteiger charge is 2.13. The van der Waals surface area contributed by atoms with Crippen molar-refractivity contribution in [2.45, 2.75) is 19.9 Å². The van der Waals surface area contributed by atoms with Gasteiger partial charge in [0.2, 0.25) is 0 Å². The molecule has 1 atom stereocenters. The second-order valence-corrected chi connectivity index (χ2v) is 4.57. The number of rotatable bonds is 3. The van der Waals surface area contributed by atoms with Gasteiger partial charge in [-0.25, -0.2) is 0 Å². The molecule has 0 fully saturated rings. The molecule has 0 spiro atoms. The minimum Gasteiger partial charge on any atom is -0.398 e. The number of nitrogens with one attached hydrogen (secondary N) is 1. The maximum Gasteiger partial charge on any atom is 0.253 e. The van der Waals surface area contributed by atoms with E-state index in [2.05, 4.69) is 10.3 Å². The maximum atomic E-state index is 12.2. The molecule has 0 aliphatic carbocycles. The summed E-state index contributed by atoms with van der Waals surface area (Å²) in [5, 5.41) is 2.92. The van der Waals surface area contributed by atoms with E-state index < -0.39 is 0 Å². The van der Waals surface area contributed by atoms with Crippen LogP contribution < -0.4 is 11.1 Å². The number of hydrogen-bond acceptors (Lipinski definition) is 3. The highest BCUT2D eigenvalue weighted by Crippen LogP contribution is 2.16. The molecule has 4 nitrogen and oxygen atoms in total. The van der Waals surface area contributed by atoms with Crippen LogP contribution in [0.2, 0.25) is 0 Å². The van der Waals surface area contributed by atoms with Gasteiger partial charge in [-0.15, -0.1) is 0 Å². The summed E-state index contributed by atoms with van der Waals surface area (Å²) in [7, 11) is 0. The Bertz CT molecular complexity index is 581. The van der Waals surface area contributed by atoms with Crippen molar-refractivity contribution in [1.82, 2.24) is 10.3 Å². The first kappa shape index (κ1) is 13.1. The molecule has 1 heterocycles. The summed E-state index contributed by atoms with van der Waals surface area (Å²) in [6.07, 6.45) is 3.45. The first-order valence-electron chi connectivity index (χ1n) is 6.15. The first-order valence-corrected chi connectivity index (χ1v) is 6.15. The third-order valence-electron chi connectivity index (χ3n) is 2.99. The fourth-order valence-electron chi connectivity index (χ4n) is 1.86. The monoisotopic (exact) mass is 255 g/mol. The molecule has 4 heteroatoms. The Hall–Kier alpha value is -2.36. The first-order chi connectivity index (χ1) is 9.08. The number of carbonyl (C=O) groups excluding carboxylic acids is 1. The van der Waals surface area contributed by atoms with Crippen LogP contribution in [-0.4, -0.2) is 10.9 Å². The van der Waals surface area contributed by atoms with Gasteiger partial charge in [-0.3, -0.25) is 9.78 Å². The molecule has 1 unspecified atom stereocenters. The van der Waals surface area contributed by atoms with E-state index in [1.54, 1.807) is 24.5 Å². The summed E-state index contributed by atoms with van der Waals surface area (Å²) in [5.41, 5.74) is 8.80. The molecular formula is C15H17N3O. The van der Waals surface area contributed by atoms with Crippen LogP contribution in [0, 0.1) is 6.92 Å². The lowest BCUT2D eigenvalue weighted by atomic mass is 10.1. The molecule has 1 amide bonds. The number of pyridine rings is 1. The van der Waals surface area contributed by atoms with Crippen molar-refractivity contribution in [1.29, 1.82) is 0 Å². The summed E-state index contributed by atoms with van der Waals surface area (Å²) in [6, 6.07) is 9.09. The van der Waals surface area contributed by atoms with E-state index in [9.17, 15) is 4.79 Å². The van der Waals surface area contributed by atoms with Crippen LogP contribution in [-0.2, 0) is 0 Å². The zero-order valence-electron chi connectivity index (χ0n) is 11.1. The summed E-state index contributed by atoms with van der Waals surface area (Å²) < 4.78 is 0. The van der Waals surface area contributed by atoms with Crippen molar-refractivity contribution in [3.8, 4) is 0 Å². The third kappa shape index (κ3) is 3.10. The normalized spacial score (nSPS) is 11.9. The van der Waals surface area contributed by atoms with Crippen molar-refractivity contribution < 1.29 is 4.79 Å². The molecule has 3 N–H and O–H groups in total. The number of hydrogen-bond donors (Lipinski definition) is 2. The highest BCUT2D eigenvalue weighted by molar-refractivity contribution is 5.99. The standard InChI is InChI=1S/C15H17N3O/c1-10-5-6-14(16)13(8-10)15(19)18-11(2)12-4-3-7-17-9-12/h3-9,11H,16H2,1-2H3,(H,18,19). The zero-order chi connectivity index (χ0) is 13.8. The molecule has 2 rings (SSSR count). The van der Waals surface area contributed by atoms with Crippen molar-refractivity contribution in [3.63, 3.8) is 0 Å². The van der Waals surface area contributed by atoms with Crippen molar-refractivity contribution in [2.75, 3.05) is 5.73 Å². The Kier molecular flexibility index (Phi) is 3.80. The second kappa shape index (κ2) is 5.52. The van der Waals surface area contributed by atoms with Crippen LogP contribution in [0.5, 0.6) is 0 Å². The number of carbonyl (C=O) groups is 1. The Labute approximate surface area is 112 Å². The van der Waals surface area contributed by atoms with Crippen molar-refractivity contribution in [2.24, 2.45) is 0 Å². The fourth-order valence-corrected chi connectivity index (χ4v) is 1.86. The van der Waals surface area contributed by atoms with Gasteiger partial charge in [0.25, 0.3) is 5.91 Å². The molecule has 0 saturated carbocycles. The molecule has 0 aliphatic rings. The van der Waals surface area contributed by atoms with E-state index in [1.807, 2.05) is 32.0 Å². The molecule has 0 saturated heterocycles. The van der Waals surface area contributed by atoms with Gasteiger partial charge in [0.15, 0.2) is 0 Å².